The van der Waals surface area contributed by atoms with Crippen LogP contribution >= 0.6 is 23.4 Å². The maximum Gasteiger partial charge on any atom is 0.267 e. The Hall–Kier alpha value is -3.49. The summed E-state index contributed by atoms with van der Waals surface area (Å²) in [6.45, 7) is 1.95. The van der Waals surface area contributed by atoms with Crippen LogP contribution in [0.25, 0.3) is 28.2 Å². The quantitative estimate of drug-likeness (QED) is 0.266. The van der Waals surface area contributed by atoms with Gasteiger partial charge in [-0.1, -0.05) is 41.6 Å². The van der Waals surface area contributed by atoms with E-state index in [1.165, 1.54) is 16.3 Å². The SMILES string of the molecule is Cc1ccc(-n2c(SCc3nnc(-c4ccc(Cl)cc4)o3)nc3ccccc3c2=O)nc1. The summed E-state index contributed by atoms with van der Waals surface area (Å²) < 4.78 is 7.31. The van der Waals surface area contributed by atoms with Crippen LogP contribution in [0.15, 0.2) is 81.2 Å². The number of rotatable bonds is 5. The molecule has 0 saturated heterocycles. The lowest BCUT2D eigenvalue weighted by Crippen LogP contribution is -2.22. The van der Waals surface area contributed by atoms with Crippen molar-refractivity contribution in [2.75, 3.05) is 0 Å². The molecule has 3 heterocycles. The summed E-state index contributed by atoms with van der Waals surface area (Å²) in [5, 5.41) is 9.90. The van der Waals surface area contributed by atoms with Crippen LogP contribution in [0, 0.1) is 6.92 Å². The largest absolute Gasteiger partial charge is 0.420 e. The molecule has 5 aromatic rings. The normalized spacial score (nSPS) is 11.2. The van der Waals surface area contributed by atoms with Gasteiger partial charge in [-0.05, 0) is 55.0 Å². The molecule has 32 heavy (non-hydrogen) atoms. The van der Waals surface area contributed by atoms with Crippen LogP contribution in [0.5, 0.6) is 0 Å². The van der Waals surface area contributed by atoms with E-state index in [-0.39, 0.29) is 5.56 Å². The van der Waals surface area contributed by atoms with Crippen molar-refractivity contribution in [3.8, 4) is 17.3 Å². The van der Waals surface area contributed by atoms with Crippen molar-refractivity contribution in [3.63, 3.8) is 0 Å². The minimum absolute atomic E-state index is 0.179. The van der Waals surface area contributed by atoms with E-state index in [1.807, 2.05) is 49.4 Å². The molecule has 0 atom stereocenters. The van der Waals surface area contributed by atoms with Gasteiger partial charge in [-0.2, -0.15) is 0 Å². The van der Waals surface area contributed by atoms with Crippen LogP contribution in [0.2, 0.25) is 5.02 Å². The number of hydrogen-bond donors (Lipinski definition) is 0. The summed E-state index contributed by atoms with van der Waals surface area (Å²) in [5.74, 6) is 1.68. The monoisotopic (exact) mass is 461 g/mol. The Kier molecular flexibility index (Phi) is 5.46. The van der Waals surface area contributed by atoms with Gasteiger partial charge in [-0.25, -0.2) is 14.5 Å². The highest BCUT2D eigenvalue weighted by Gasteiger charge is 2.16. The second-order valence-corrected chi connectivity index (χ2v) is 8.42. The summed E-state index contributed by atoms with van der Waals surface area (Å²) >= 11 is 7.27. The van der Waals surface area contributed by atoms with Crippen LogP contribution in [0.1, 0.15) is 11.5 Å². The molecule has 0 aliphatic rings. The fraction of sp³-hybridized carbons (Fsp3) is 0.0870. The van der Waals surface area contributed by atoms with Gasteiger partial charge in [0.2, 0.25) is 11.8 Å². The minimum Gasteiger partial charge on any atom is -0.420 e. The average molecular weight is 462 g/mol. The second-order valence-electron chi connectivity index (χ2n) is 7.04. The molecule has 158 valence electrons. The molecule has 9 heteroatoms. The minimum atomic E-state index is -0.179. The molecule has 7 nitrogen and oxygen atoms in total. The molecule has 0 N–H and O–H groups in total. The Bertz CT molecular complexity index is 1460. The smallest absolute Gasteiger partial charge is 0.267 e. The van der Waals surface area contributed by atoms with Crippen LogP contribution in [-0.2, 0) is 5.75 Å². The molecular formula is C23H16ClN5O2S. The number of hydrogen-bond acceptors (Lipinski definition) is 7. The number of para-hydroxylation sites is 1. The summed E-state index contributed by atoms with van der Waals surface area (Å²) in [6.07, 6.45) is 1.72. The van der Waals surface area contributed by atoms with Crippen molar-refractivity contribution in [2.45, 2.75) is 17.8 Å². The molecule has 3 aromatic heterocycles. The number of halogens is 1. The third-order valence-corrected chi connectivity index (χ3v) is 5.93. The maximum atomic E-state index is 13.3. The third kappa shape index (κ3) is 4.02. The molecule has 0 aliphatic heterocycles. The molecular weight excluding hydrogens is 446 g/mol. The van der Waals surface area contributed by atoms with Gasteiger partial charge >= 0.3 is 0 Å². The van der Waals surface area contributed by atoms with Gasteiger partial charge in [-0.15, -0.1) is 10.2 Å². The summed E-state index contributed by atoms with van der Waals surface area (Å²) in [7, 11) is 0. The Morgan fingerprint density at radius 1 is 1.03 bits per heavy atom. The van der Waals surface area contributed by atoms with E-state index in [4.69, 9.17) is 21.0 Å². The number of thioether (sulfide) groups is 1. The van der Waals surface area contributed by atoms with Crippen LogP contribution in [0.3, 0.4) is 0 Å². The van der Waals surface area contributed by atoms with Gasteiger partial charge in [0.1, 0.15) is 5.82 Å². The average Bonchev–Trinajstić information content (AvgIpc) is 3.28. The van der Waals surface area contributed by atoms with Gasteiger partial charge in [0.05, 0.1) is 16.7 Å². The molecule has 0 amide bonds. The molecule has 0 saturated carbocycles. The highest BCUT2D eigenvalue weighted by molar-refractivity contribution is 7.98. The zero-order valence-electron chi connectivity index (χ0n) is 16.9. The standard InChI is InChI=1S/C23H16ClN5O2S/c1-14-6-11-19(25-12-14)29-22(30)17-4-2-3-5-18(17)26-23(29)32-13-20-27-28-21(31-20)15-7-9-16(24)10-8-15/h2-12H,13H2,1H3. The Morgan fingerprint density at radius 2 is 1.84 bits per heavy atom. The number of aromatic nitrogens is 5. The Morgan fingerprint density at radius 3 is 2.62 bits per heavy atom. The van der Waals surface area contributed by atoms with E-state index < -0.39 is 0 Å². The van der Waals surface area contributed by atoms with Crippen LogP contribution in [0.4, 0.5) is 0 Å². The zero-order chi connectivity index (χ0) is 22.1. The van der Waals surface area contributed by atoms with Crippen molar-refractivity contribution >= 4 is 34.3 Å². The number of pyridine rings is 1. The third-order valence-electron chi connectivity index (χ3n) is 4.75. The van der Waals surface area contributed by atoms with E-state index in [9.17, 15) is 4.79 Å². The van der Waals surface area contributed by atoms with E-state index >= 15 is 0 Å². The van der Waals surface area contributed by atoms with Gasteiger partial charge in [0.15, 0.2) is 5.16 Å². The lowest BCUT2D eigenvalue weighted by Gasteiger charge is -2.12. The first-order chi connectivity index (χ1) is 15.6. The predicted molar refractivity (Wildman–Crippen MR) is 124 cm³/mol. The predicted octanol–water partition coefficient (Wildman–Crippen LogP) is 5.08. The van der Waals surface area contributed by atoms with Crippen molar-refractivity contribution in [1.29, 1.82) is 0 Å². The Balaban J connectivity index is 1.50. The molecule has 0 bridgehead atoms. The second kappa shape index (κ2) is 8.57. The fourth-order valence-electron chi connectivity index (χ4n) is 3.15. The van der Waals surface area contributed by atoms with E-state index in [0.717, 1.165) is 11.1 Å². The Labute approximate surface area is 192 Å². The molecule has 0 radical (unpaired) electrons. The number of benzene rings is 2. The van der Waals surface area contributed by atoms with Gasteiger partial charge in [0.25, 0.3) is 5.56 Å². The first-order valence-corrected chi connectivity index (χ1v) is 11.1. The molecule has 0 aliphatic carbocycles. The molecule has 5 rings (SSSR count). The first-order valence-electron chi connectivity index (χ1n) is 9.74. The van der Waals surface area contributed by atoms with Gasteiger partial charge < -0.3 is 4.42 Å². The zero-order valence-corrected chi connectivity index (χ0v) is 18.5. The van der Waals surface area contributed by atoms with Crippen molar-refractivity contribution in [2.24, 2.45) is 0 Å². The van der Waals surface area contributed by atoms with Gasteiger partial charge in [-0.3, -0.25) is 4.79 Å². The number of aryl methyl sites for hydroxylation is 1. The summed E-state index contributed by atoms with van der Waals surface area (Å²) in [5.41, 5.74) is 2.23. The number of fused-ring (bicyclic) bond motifs is 1. The molecule has 0 spiro atoms. The highest BCUT2D eigenvalue weighted by Crippen LogP contribution is 2.26. The lowest BCUT2D eigenvalue weighted by molar-refractivity contribution is 0.528. The van der Waals surface area contributed by atoms with Crippen LogP contribution in [-0.4, -0.2) is 24.7 Å². The van der Waals surface area contributed by atoms with E-state index in [1.54, 1.807) is 24.4 Å². The van der Waals surface area contributed by atoms with E-state index in [0.29, 0.717) is 44.4 Å². The first kappa shape index (κ1) is 20.4. The van der Waals surface area contributed by atoms with E-state index in [2.05, 4.69) is 15.2 Å². The topological polar surface area (TPSA) is 86.7 Å². The number of nitrogens with zero attached hydrogens (tertiary/aromatic N) is 5. The van der Waals surface area contributed by atoms with Gasteiger partial charge in [0, 0.05) is 16.8 Å². The molecule has 2 aromatic carbocycles. The highest BCUT2D eigenvalue weighted by atomic mass is 35.5. The van der Waals surface area contributed by atoms with Crippen molar-refractivity contribution in [3.05, 3.63) is 93.7 Å². The lowest BCUT2D eigenvalue weighted by atomic mass is 10.2. The van der Waals surface area contributed by atoms with Crippen molar-refractivity contribution in [1.82, 2.24) is 24.7 Å². The molecule has 0 unspecified atom stereocenters. The molecule has 0 fully saturated rings. The van der Waals surface area contributed by atoms with Crippen LogP contribution < -0.4 is 5.56 Å². The summed E-state index contributed by atoms with van der Waals surface area (Å²) in [6, 6.07) is 18.1. The fourth-order valence-corrected chi connectivity index (χ4v) is 4.11. The van der Waals surface area contributed by atoms with Crippen molar-refractivity contribution < 1.29 is 4.42 Å². The maximum absolute atomic E-state index is 13.3. The summed E-state index contributed by atoms with van der Waals surface area (Å²) in [4.78, 5) is 22.4.